The van der Waals surface area contributed by atoms with Crippen LogP contribution in [0.3, 0.4) is 0 Å². The molecule has 0 saturated carbocycles. The van der Waals surface area contributed by atoms with Crippen molar-refractivity contribution in [2.75, 3.05) is 12.4 Å². The normalized spacial score (nSPS) is 15.0. The second-order valence-corrected chi connectivity index (χ2v) is 8.86. The van der Waals surface area contributed by atoms with Gasteiger partial charge in [-0.15, -0.1) is 11.8 Å². The number of sulfonamides is 1. The van der Waals surface area contributed by atoms with Gasteiger partial charge in [-0.05, 0) is 32.1 Å². The van der Waals surface area contributed by atoms with E-state index in [1.165, 1.54) is 18.2 Å². The van der Waals surface area contributed by atoms with Crippen LogP contribution in [0.15, 0.2) is 68.8 Å². The third-order valence-corrected chi connectivity index (χ3v) is 6.43. The van der Waals surface area contributed by atoms with Gasteiger partial charge >= 0.3 is 5.97 Å². The molecule has 0 radical (unpaired) electrons. The van der Waals surface area contributed by atoms with E-state index in [4.69, 9.17) is 4.74 Å². The van der Waals surface area contributed by atoms with Crippen LogP contribution in [-0.4, -0.2) is 38.2 Å². The first kappa shape index (κ1) is 21.0. The number of carbonyl (C=O) groups is 2. The molecule has 2 aromatic rings. The van der Waals surface area contributed by atoms with Crippen LogP contribution in [0.25, 0.3) is 0 Å². The molecule has 2 aromatic carbocycles. The Morgan fingerprint density at radius 1 is 1.07 bits per heavy atom. The highest BCUT2D eigenvalue weighted by molar-refractivity contribution is 8.04. The smallest absolute Gasteiger partial charge is 0.316 e. The average molecular weight is 430 g/mol. The summed E-state index contributed by atoms with van der Waals surface area (Å²) >= 11 is 1.01. The van der Waals surface area contributed by atoms with Crippen molar-refractivity contribution >= 4 is 39.2 Å². The van der Waals surface area contributed by atoms with Crippen molar-refractivity contribution in [1.82, 2.24) is 0 Å². The number of nitrogens with zero attached hydrogens (tertiary/aromatic N) is 1. The molecule has 0 amide bonds. The average Bonchev–Trinajstić information content (AvgIpc) is 2.69. The number of Topliss-reactive ketones (excluding diaryl/α,β-unsaturated/α-hetero) is 1. The number of hydrogen-bond acceptors (Lipinski definition) is 6. The number of esters is 1. The SMILES string of the molecule is CCOC(=O)CSC1=C/C(=N\S(=O)(=O)c2ccc(C)cc2)c2ccccc2C1=O. The fraction of sp³-hybridized carbons (Fsp3) is 0.190. The molecule has 0 heterocycles. The minimum Gasteiger partial charge on any atom is -0.465 e. The maximum Gasteiger partial charge on any atom is 0.316 e. The van der Waals surface area contributed by atoms with Gasteiger partial charge in [0.05, 0.1) is 27.9 Å². The van der Waals surface area contributed by atoms with Crippen LogP contribution in [0.5, 0.6) is 0 Å². The molecule has 150 valence electrons. The molecule has 0 N–H and O–H groups in total. The first-order valence-corrected chi connectivity index (χ1v) is 11.3. The fourth-order valence-electron chi connectivity index (χ4n) is 2.72. The Bertz CT molecular complexity index is 1120. The van der Waals surface area contributed by atoms with Gasteiger partial charge in [0.25, 0.3) is 10.0 Å². The lowest BCUT2D eigenvalue weighted by molar-refractivity contribution is -0.139. The first-order chi connectivity index (χ1) is 13.8. The Labute approximate surface area is 173 Å². The van der Waals surface area contributed by atoms with E-state index in [9.17, 15) is 18.0 Å². The zero-order valence-corrected chi connectivity index (χ0v) is 17.5. The summed E-state index contributed by atoms with van der Waals surface area (Å²) in [5, 5.41) is 0. The van der Waals surface area contributed by atoms with Crippen LogP contribution in [-0.2, 0) is 19.6 Å². The number of hydrogen-bond donors (Lipinski definition) is 0. The molecule has 0 aliphatic heterocycles. The quantitative estimate of drug-likeness (QED) is 0.653. The van der Waals surface area contributed by atoms with Crippen molar-refractivity contribution in [3.8, 4) is 0 Å². The van der Waals surface area contributed by atoms with E-state index in [2.05, 4.69) is 4.40 Å². The minimum absolute atomic E-state index is 0.0500. The lowest BCUT2D eigenvalue weighted by Crippen LogP contribution is -2.18. The van der Waals surface area contributed by atoms with Crippen molar-refractivity contribution in [2.45, 2.75) is 18.7 Å². The van der Waals surface area contributed by atoms with Gasteiger partial charge in [-0.3, -0.25) is 9.59 Å². The minimum atomic E-state index is -3.97. The van der Waals surface area contributed by atoms with Crippen molar-refractivity contribution in [2.24, 2.45) is 4.40 Å². The second-order valence-electron chi connectivity index (χ2n) is 6.24. The number of aryl methyl sites for hydroxylation is 1. The number of ketones is 1. The van der Waals surface area contributed by atoms with E-state index in [1.54, 1.807) is 43.3 Å². The lowest BCUT2D eigenvalue weighted by Gasteiger charge is -2.17. The summed E-state index contributed by atoms with van der Waals surface area (Å²) < 4.78 is 34.4. The van der Waals surface area contributed by atoms with Crippen LogP contribution < -0.4 is 0 Å². The predicted molar refractivity (Wildman–Crippen MR) is 113 cm³/mol. The molecule has 0 atom stereocenters. The summed E-state index contributed by atoms with van der Waals surface area (Å²) in [5.41, 5.74) is 1.88. The number of rotatable bonds is 6. The molecule has 0 fully saturated rings. The van der Waals surface area contributed by atoms with Crippen LogP contribution >= 0.6 is 11.8 Å². The van der Waals surface area contributed by atoms with Crippen LogP contribution in [0.4, 0.5) is 0 Å². The predicted octanol–water partition coefficient (Wildman–Crippen LogP) is 3.55. The topological polar surface area (TPSA) is 89.9 Å². The monoisotopic (exact) mass is 429 g/mol. The molecule has 6 nitrogen and oxygen atoms in total. The fourth-order valence-corrected chi connectivity index (χ4v) is 4.51. The van der Waals surface area contributed by atoms with Crippen molar-refractivity contribution < 1.29 is 22.7 Å². The Morgan fingerprint density at radius 2 is 1.72 bits per heavy atom. The standard InChI is InChI=1S/C21H19NO5S2/c1-3-27-20(23)13-28-19-12-18(16-6-4-5-7-17(16)21(19)24)22-29(25,26)15-10-8-14(2)9-11-15/h4-12H,3,13H2,1-2H3/b22-18+. The van der Waals surface area contributed by atoms with Gasteiger partial charge in [0, 0.05) is 11.1 Å². The van der Waals surface area contributed by atoms with E-state index in [0.717, 1.165) is 17.3 Å². The van der Waals surface area contributed by atoms with E-state index in [-0.39, 0.29) is 33.7 Å². The Kier molecular flexibility index (Phi) is 6.34. The lowest BCUT2D eigenvalue weighted by atomic mass is 9.94. The molecule has 1 aliphatic rings. The highest BCUT2D eigenvalue weighted by Gasteiger charge is 2.26. The third-order valence-electron chi connectivity index (χ3n) is 4.13. The molecule has 3 rings (SSSR count). The van der Waals surface area contributed by atoms with Gasteiger partial charge in [-0.25, -0.2) is 0 Å². The zero-order valence-electron chi connectivity index (χ0n) is 15.9. The molecule has 0 spiro atoms. The van der Waals surface area contributed by atoms with Crippen LogP contribution in [0.1, 0.15) is 28.4 Å². The molecule has 1 aliphatic carbocycles. The summed E-state index contributed by atoms with van der Waals surface area (Å²) in [7, 11) is -3.97. The third kappa shape index (κ3) is 4.83. The number of benzene rings is 2. The molecular formula is C21H19NO5S2. The number of carbonyl (C=O) groups excluding carboxylic acids is 2. The Balaban J connectivity index is 2.02. The largest absolute Gasteiger partial charge is 0.465 e. The highest BCUT2D eigenvalue weighted by atomic mass is 32.2. The number of allylic oxidation sites excluding steroid dienone is 2. The zero-order chi connectivity index (χ0) is 21.0. The molecule has 0 aromatic heterocycles. The number of ether oxygens (including phenoxy) is 1. The Morgan fingerprint density at radius 3 is 2.38 bits per heavy atom. The summed E-state index contributed by atoms with van der Waals surface area (Å²) in [4.78, 5) is 24.7. The van der Waals surface area contributed by atoms with Gasteiger partial charge in [0.15, 0.2) is 5.78 Å². The van der Waals surface area contributed by atoms with Gasteiger partial charge in [-0.2, -0.15) is 12.8 Å². The van der Waals surface area contributed by atoms with E-state index in [1.807, 2.05) is 6.92 Å². The van der Waals surface area contributed by atoms with Gasteiger partial charge in [0.2, 0.25) is 0 Å². The van der Waals surface area contributed by atoms with Gasteiger partial charge < -0.3 is 4.74 Å². The van der Waals surface area contributed by atoms with Gasteiger partial charge in [-0.1, -0.05) is 42.0 Å². The van der Waals surface area contributed by atoms with E-state index < -0.39 is 16.0 Å². The van der Waals surface area contributed by atoms with Crippen molar-refractivity contribution in [3.05, 3.63) is 76.2 Å². The van der Waals surface area contributed by atoms with E-state index in [0.29, 0.717) is 11.1 Å². The Hall–Kier alpha value is -2.71. The maximum absolute atomic E-state index is 12.8. The first-order valence-electron chi connectivity index (χ1n) is 8.87. The highest BCUT2D eigenvalue weighted by Crippen LogP contribution is 2.29. The second kappa shape index (κ2) is 8.75. The van der Waals surface area contributed by atoms with Crippen molar-refractivity contribution in [1.29, 1.82) is 0 Å². The molecule has 0 bridgehead atoms. The molecule has 8 heteroatoms. The van der Waals surface area contributed by atoms with Gasteiger partial charge in [0.1, 0.15) is 0 Å². The number of fused-ring (bicyclic) bond motifs is 1. The summed E-state index contributed by atoms with van der Waals surface area (Å²) in [6.45, 7) is 3.81. The molecule has 29 heavy (non-hydrogen) atoms. The van der Waals surface area contributed by atoms with E-state index >= 15 is 0 Å². The summed E-state index contributed by atoms with van der Waals surface area (Å²) in [6.07, 6.45) is 1.42. The summed E-state index contributed by atoms with van der Waals surface area (Å²) in [6, 6.07) is 13.1. The molecular weight excluding hydrogens is 410 g/mol. The van der Waals surface area contributed by atoms with Crippen molar-refractivity contribution in [3.63, 3.8) is 0 Å². The number of thioether (sulfide) groups is 1. The van der Waals surface area contributed by atoms with Crippen LogP contribution in [0, 0.1) is 6.92 Å². The molecule has 0 saturated heterocycles. The molecule has 0 unspecified atom stereocenters. The summed E-state index contributed by atoms with van der Waals surface area (Å²) in [5.74, 6) is -0.775. The van der Waals surface area contributed by atoms with Crippen LogP contribution in [0.2, 0.25) is 0 Å². The maximum atomic E-state index is 12.8.